The Bertz CT molecular complexity index is 194. The van der Waals surface area contributed by atoms with E-state index in [1.165, 1.54) is 19.3 Å². The van der Waals surface area contributed by atoms with E-state index in [0.717, 1.165) is 13.0 Å². The van der Waals surface area contributed by atoms with Crippen molar-refractivity contribution in [3.05, 3.63) is 0 Å². The SMILES string of the molecule is CCN(C)C(=O)CNC1(CC)CCC1. The minimum absolute atomic E-state index is 0.201. The molecule has 1 amide bonds. The first-order valence-corrected chi connectivity index (χ1v) is 5.62. The maximum atomic E-state index is 11.5. The van der Waals surface area contributed by atoms with Crippen LogP contribution >= 0.6 is 0 Å². The smallest absolute Gasteiger partial charge is 0.236 e. The van der Waals surface area contributed by atoms with Crippen LogP contribution in [0, 0.1) is 0 Å². The summed E-state index contributed by atoms with van der Waals surface area (Å²) >= 11 is 0. The highest BCUT2D eigenvalue weighted by Crippen LogP contribution is 2.34. The Balaban J connectivity index is 2.28. The lowest BCUT2D eigenvalue weighted by atomic mass is 9.75. The Labute approximate surface area is 86.9 Å². The summed E-state index contributed by atoms with van der Waals surface area (Å²) in [4.78, 5) is 13.3. The average molecular weight is 198 g/mol. The maximum Gasteiger partial charge on any atom is 0.236 e. The van der Waals surface area contributed by atoms with E-state index in [-0.39, 0.29) is 11.4 Å². The molecule has 0 heterocycles. The molecule has 0 bridgehead atoms. The highest BCUT2D eigenvalue weighted by molar-refractivity contribution is 5.78. The first-order chi connectivity index (χ1) is 6.63. The van der Waals surface area contributed by atoms with Gasteiger partial charge in [0.1, 0.15) is 0 Å². The lowest BCUT2D eigenvalue weighted by molar-refractivity contribution is -0.129. The Hall–Kier alpha value is -0.570. The quantitative estimate of drug-likeness (QED) is 0.724. The Morgan fingerprint density at radius 1 is 1.43 bits per heavy atom. The predicted molar refractivity (Wildman–Crippen MR) is 58.2 cm³/mol. The summed E-state index contributed by atoms with van der Waals surface area (Å²) in [5, 5.41) is 3.41. The first kappa shape index (κ1) is 11.5. The standard InChI is InChI=1S/C11H22N2O/c1-4-11(7-6-8-11)12-9-10(14)13(3)5-2/h12H,4-9H2,1-3H3. The summed E-state index contributed by atoms with van der Waals surface area (Å²) in [6, 6.07) is 0. The van der Waals surface area contributed by atoms with Crippen LogP contribution in [0.3, 0.4) is 0 Å². The van der Waals surface area contributed by atoms with Gasteiger partial charge in [-0.05, 0) is 32.6 Å². The second-order valence-corrected chi connectivity index (χ2v) is 4.25. The van der Waals surface area contributed by atoms with Gasteiger partial charge in [-0.15, -0.1) is 0 Å². The largest absolute Gasteiger partial charge is 0.345 e. The van der Waals surface area contributed by atoms with Crippen LogP contribution in [0.2, 0.25) is 0 Å². The van der Waals surface area contributed by atoms with Crippen LogP contribution in [0.5, 0.6) is 0 Å². The summed E-state index contributed by atoms with van der Waals surface area (Å²) in [6.07, 6.45) is 4.90. The maximum absolute atomic E-state index is 11.5. The Morgan fingerprint density at radius 2 is 2.07 bits per heavy atom. The highest BCUT2D eigenvalue weighted by Gasteiger charge is 2.34. The molecule has 1 N–H and O–H groups in total. The minimum Gasteiger partial charge on any atom is -0.345 e. The molecule has 1 fully saturated rings. The molecule has 14 heavy (non-hydrogen) atoms. The van der Waals surface area contributed by atoms with Gasteiger partial charge in [0.25, 0.3) is 0 Å². The van der Waals surface area contributed by atoms with Crippen LogP contribution in [-0.4, -0.2) is 36.5 Å². The zero-order valence-electron chi connectivity index (χ0n) is 9.60. The van der Waals surface area contributed by atoms with E-state index in [1.54, 1.807) is 4.90 Å². The summed E-state index contributed by atoms with van der Waals surface area (Å²) in [5.74, 6) is 0.201. The molecular formula is C11H22N2O. The van der Waals surface area contributed by atoms with E-state index in [0.29, 0.717) is 6.54 Å². The number of amides is 1. The Morgan fingerprint density at radius 3 is 2.43 bits per heavy atom. The third kappa shape index (κ3) is 2.47. The van der Waals surface area contributed by atoms with Crippen molar-refractivity contribution in [2.24, 2.45) is 0 Å². The van der Waals surface area contributed by atoms with Crippen molar-refractivity contribution in [1.29, 1.82) is 0 Å². The van der Waals surface area contributed by atoms with Gasteiger partial charge < -0.3 is 10.2 Å². The molecule has 0 aliphatic heterocycles. The molecular weight excluding hydrogens is 176 g/mol. The van der Waals surface area contributed by atoms with Gasteiger partial charge >= 0.3 is 0 Å². The van der Waals surface area contributed by atoms with Gasteiger partial charge in [-0.3, -0.25) is 4.79 Å². The third-order valence-electron chi connectivity index (χ3n) is 3.50. The number of nitrogens with zero attached hydrogens (tertiary/aromatic N) is 1. The second-order valence-electron chi connectivity index (χ2n) is 4.25. The molecule has 82 valence electrons. The predicted octanol–water partition coefficient (Wildman–Crippen LogP) is 1.39. The molecule has 0 aromatic carbocycles. The van der Waals surface area contributed by atoms with Crippen molar-refractivity contribution >= 4 is 5.91 Å². The number of likely N-dealkylation sites (N-methyl/N-ethyl adjacent to an activating group) is 1. The topological polar surface area (TPSA) is 32.3 Å². The molecule has 0 spiro atoms. The van der Waals surface area contributed by atoms with Gasteiger partial charge in [0.15, 0.2) is 0 Å². The molecule has 0 aromatic heterocycles. The zero-order valence-corrected chi connectivity index (χ0v) is 9.60. The minimum atomic E-state index is 0.201. The van der Waals surface area contributed by atoms with Crippen molar-refractivity contribution in [2.75, 3.05) is 20.1 Å². The molecule has 1 saturated carbocycles. The van der Waals surface area contributed by atoms with Crippen LogP contribution in [0.15, 0.2) is 0 Å². The van der Waals surface area contributed by atoms with E-state index in [4.69, 9.17) is 0 Å². The molecule has 1 rings (SSSR count). The molecule has 0 unspecified atom stereocenters. The number of hydrogen-bond donors (Lipinski definition) is 1. The molecule has 3 heteroatoms. The van der Waals surface area contributed by atoms with E-state index < -0.39 is 0 Å². The molecule has 1 aliphatic rings. The van der Waals surface area contributed by atoms with E-state index in [9.17, 15) is 4.79 Å². The fourth-order valence-electron chi connectivity index (χ4n) is 1.83. The molecule has 3 nitrogen and oxygen atoms in total. The van der Waals surface area contributed by atoms with Crippen molar-refractivity contribution < 1.29 is 4.79 Å². The molecule has 0 saturated heterocycles. The monoisotopic (exact) mass is 198 g/mol. The van der Waals surface area contributed by atoms with E-state index in [2.05, 4.69) is 12.2 Å². The van der Waals surface area contributed by atoms with Crippen molar-refractivity contribution in [1.82, 2.24) is 10.2 Å². The van der Waals surface area contributed by atoms with Gasteiger partial charge in [0.05, 0.1) is 6.54 Å². The van der Waals surface area contributed by atoms with Crippen molar-refractivity contribution in [3.63, 3.8) is 0 Å². The van der Waals surface area contributed by atoms with Gasteiger partial charge in [0.2, 0.25) is 5.91 Å². The van der Waals surface area contributed by atoms with Gasteiger partial charge in [-0.2, -0.15) is 0 Å². The number of carbonyl (C=O) groups is 1. The normalized spacial score (nSPS) is 18.8. The van der Waals surface area contributed by atoms with Crippen LogP contribution < -0.4 is 5.32 Å². The second kappa shape index (κ2) is 4.78. The lowest BCUT2D eigenvalue weighted by Crippen LogP contribution is -2.53. The average Bonchev–Trinajstić information content (AvgIpc) is 2.15. The zero-order chi connectivity index (χ0) is 10.6. The van der Waals surface area contributed by atoms with Crippen LogP contribution in [0.25, 0.3) is 0 Å². The van der Waals surface area contributed by atoms with Crippen LogP contribution in [-0.2, 0) is 4.79 Å². The van der Waals surface area contributed by atoms with Crippen LogP contribution in [0.1, 0.15) is 39.5 Å². The fraction of sp³-hybridized carbons (Fsp3) is 0.909. The third-order valence-corrected chi connectivity index (χ3v) is 3.50. The summed E-state index contributed by atoms with van der Waals surface area (Å²) in [6.45, 7) is 5.48. The number of hydrogen-bond acceptors (Lipinski definition) is 2. The number of carbonyl (C=O) groups excluding carboxylic acids is 1. The van der Waals surface area contributed by atoms with Crippen molar-refractivity contribution in [3.8, 4) is 0 Å². The van der Waals surface area contributed by atoms with Crippen molar-refractivity contribution in [2.45, 2.75) is 45.1 Å². The molecule has 0 aromatic rings. The number of rotatable bonds is 5. The van der Waals surface area contributed by atoms with Gasteiger partial charge in [-0.25, -0.2) is 0 Å². The number of nitrogens with one attached hydrogen (secondary N) is 1. The summed E-state index contributed by atoms with van der Waals surface area (Å²) < 4.78 is 0. The van der Waals surface area contributed by atoms with E-state index >= 15 is 0 Å². The molecule has 0 radical (unpaired) electrons. The lowest BCUT2D eigenvalue weighted by Gasteiger charge is -2.42. The summed E-state index contributed by atoms with van der Waals surface area (Å²) in [5.41, 5.74) is 0.282. The molecule has 0 atom stereocenters. The van der Waals surface area contributed by atoms with Gasteiger partial charge in [0, 0.05) is 19.1 Å². The van der Waals surface area contributed by atoms with Crippen LogP contribution in [0.4, 0.5) is 0 Å². The summed E-state index contributed by atoms with van der Waals surface area (Å²) in [7, 11) is 1.85. The van der Waals surface area contributed by atoms with Gasteiger partial charge in [-0.1, -0.05) is 6.92 Å². The molecule has 1 aliphatic carbocycles. The Kier molecular flexibility index (Phi) is 3.93. The highest BCUT2D eigenvalue weighted by atomic mass is 16.2. The first-order valence-electron chi connectivity index (χ1n) is 5.62. The van der Waals surface area contributed by atoms with E-state index in [1.807, 2.05) is 14.0 Å². The fourth-order valence-corrected chi connectivity index (χ4v) is 1.83.